The molecule has 3 rings (SSSR count). The fraction of sp³-hybridized carbons (Fsp3) is 0.250. The molecule has 2 aromatic heterocycles. The van der Waals surface area contributed by atoms with Gasteiger partial charge in [0.25, 0.3) is 5.56 Å². The first kappa shape index (κ1) is 17.7. The molecule has 0 spiro atoms. The number of nitrogens with zero attached hydrogens (tertiary/aromatic N) is 2. The number of hydrogen-bond donors (Lipinski definition) is 1. The Morgan fingerprint density at radius 2 is 2.00 bits per heavy atom. The number of fused-ring (bicyclic) bond motifs is 1. The summed E-state index contributed by atoms with van der Waals surface area (Å²) in [6, 6.07) is 10.6. The first-order chi connectivity index (χ1) is 12.6. The Kier molecular flexibility index (Phi) is 5.02. The van der Waals surface area contributed by atoms with Crippen molar-refractivity contribution >= 4 is 17.0 Å². The zero-order valence-electron chi connectivity index (χ0n) is 14.7. The molecular formula is C20H20N2O4. The molecular weight excluding hydrogens is 332 g/mol. The highest BCUT2D eigenvalue weighted by Gasteiger charge is 2.25. The predicted molar refractivity (Wildman–Crippen MR) is 99.9 cm³/mol. The van der Waals surface area contributed by atoms with Crippen molar-refractivity contribution in [3.63, 3.8) is 0 Å². The van der Waals surface area contributed by atoms with Crippen molar-refractivity contribution in [2.75, 3.05) is 7.11 Å². The van der Waals surface area contributed by atoms with Crippen LogP contribution in [0, 0.1) is 0 Å². The van der Waals surface area contributed by atoms with E-state index in [1.165, 1.54) is 11.7 Å². The predicted octanol–water partition coefficient (Wildman–Crippen LogP) is 3.57. The lowest BCUT2D eigenvalue weighted by Gasteiger charge is -2.17. The molecule has 0 amide bonds. The number of carbonyl (C=O) groups is 1. The summed E-state index contributed by atoms with van der Waals surface area (Å²) in [7, 11) is 1.52. The molecule has 0 fully saturated rings. The minimum Gasteiger partial charge on any atom is -0.496 e. The fourth-order valence-corrected chi connectivity index (χ4v) is 3.13. The Balaban J connectivity index is 2.48. The number of hydrogen-bond acceptors (Lipinski definition) is 4. The van der Waals surface area contributed by atoms with E-state index in [0.717, 1.165) is 12.8 Å². The average Bonchev–Trinajstić information content (AvgIpc) is 2.66. The first-order valence-electron chi connectivity index (χ1n) is 8.48. The number of aryl methyl sites for hydroxylation is 1. The van der Waals surface area contributed by atoms with Crippen molar-refractivity contribution in [1.29, 1.82) is 0 Å². The van der Waals surface area contributed by atoms with E-state index in [0.29, 0.717) is 34.5 Å². The van der Waals surface area contributed by atoms with Crippen LogP contribution in [0.4, 0.5) is 0 Å². The number of aromatic nitrogens is 2. The van der Waals surface area contributed by atoms with Crippen LogP contribution >= 0.6 is 0 Å². The smallest absolute Gasteiger partial charge is 0.342 e. The van der Waals surface area contributed by atoms with Crippen LogP contribution < -0.4 is 10.3 Å². The van der Waals surface area contributed by atoms with Gasteiger partial charge in [0, 0.05) is 29.3 Å². The molecule has 1 N–H and O–H groups in total. The van der Waals surface area contributed by atoms with E-state index in [-0.39, 0.29) is 5.56 Å². The molecule has 134 valence electrons. The normalized spacial score (nSPS) is 10.8. The number of carboxylic acids is 1. The molecule has 0 aliphatic carbocycles. The number of benzene rings is 1. The summed E-state index contributed by atoms with van der Waals surface area (Å²) in [4.78, 5) is 29.4. The molecule has 0 aliphatic rings. The molecule has 0 bridgehead atoms. The number of unbranched alkanes of at least 4 members (excludes halogenated alkanes) is 1. The number of aromatic carboxylic acids is 1. The summed E-state index contributed by atoms with van der Waals surface area (Å²) in [5, 5.41) is 10.4. The molecule has 0 aliphatic heterocycles. The van der Waals surface area contributed by atoms with Crippen molar-refractivity contribution in [3.8, 4) is 16.9 Å². The highest BCUT2D eigenvalue weighted by molar-refractivity contribution is 6.06. The number of para-hydroxylation sites is 1. The molecule has 0 saturated heterocycles. The summed E-state index contributed by atoms with van der Waals surface area (Å²) in [5.74, 6) is -0.752. The van der Waals surface area contributed by atoms with Gasteiger partial charge < -0.3 is 9.84 Å². The maximum atomic E-state index is 13.0. The monoisotopic (exact) mass is 352 g/mol. The summed E-state index contributed by atoms with van der Waals surface area (Å²) < 4.78 is 6.86. The van der Waals surface area contributed by atoms with E-state index >= 15 is 0 Å². The molecule has 1 aromatic carbocycles. The van der Waals surface area contributed by atoms with Crippen LogP contribution in [-0.2, 0) is 6.54 Å². The molecule has 3 aromatic rings. The Morgan fingerprint density at radius 1 is 1.23 bits per heavy atom. The van der Waals surface area contributed by atoms with Gasteiger partial charge in [-0.15, -0.1) is 0 Å². The van der Waals surface area contributed by atoms with Crippen molar-refractivity contribution in [1.82, 2.24) is 9.55 Å². The van der Waals surface area contributed by atoms with E-state index in [1.807, 2.05) is 6.92 Å². The van der Waals surface area contributed by atoms with Crippen LogP contribution in [0.3, 0.4) is 0 Å². The maximum Gasteiger partial charge on any atom is 0.342 e. The molecule has 0 atom stereocenters. The highest BCUT2D eigenvalue weighted by atomic mass is 16.5. The SMILES string of the molecule is CCCCn1c(=O)c(C(=O)O)c(-c2ccccc2OC)c2cccnc21. The lowest BCUT2D eigenvalue weighted by Crippen LogP contribution is -2.28. The molecule has 2 heterocycles. The Hall–Kier alpha value is -3.15. The van der Waals surface area contributed by atoms with Gasteiger partial charge >= 0.3 is 5.97 Å². The minimum absolute atomic E-state index is 0.258. The van der Waals surface area contributed by atoms with Gasteiger partial charge in [0.1, 0.15) is 17.0 Å². The fourth-order valence-electron chi connectivity index (χ4n) is 3.13. The van der Waals surface area contributed by atoms with Gasteiger partial charge in [-0.2, -0.15) is 0 Å². The second-order valence-corrected chi connectivity index (χ2v) is 5.94. The van der Waals surface area contributed by atoms with Gasteiger partial charge in [0.05, 0.1) is 7.11 Å². The van der Waals surface area contributed by atoms with Gasteiger partial charge in [0.15, 0.2) is 0 Å². The number of carboxylic acid groups (broad SMARTS) is 1. The zero-order chi connectivity index (χ0) is 18.7. The van der Waals surface area contributed by atoms with E-state index in [9.17, 15) is 14.7 Å². The second kappa shape index (κ2) is 7.39. The number of pyridine rings is 2. The standard InChI is InChI=1S/C20H20N2O4/c1-3-4-12-22-18-14(9-7-11-21-18)16(17(19(22)23)20(24)25)13-8-5-6-10-15(13)26-2/h5-11H,3-4,12H2,1-2H3,(H,24,25). The first-order valence-corrected chi connectivity index (χ1v) is 8.48. The molecule has 0 saturated carbocycles. The largest absolute Gasteiger partial charge is 0.496 e. The minimum atomic E-state index is -1.26. The summed E-state index contributed by atoms with van der Waals surface area (Å²) in [6.45, 7) is 2.44. The van der Waals surface area contributed by atoms with Crippen LogP contribution in [0.25, 0.3) is 22.2 Å². The van der Waals surface area contributed by atoms with Gasteiger partial charge in [0.2, 0.25) is 0 Å². The van der Waals surface area contributed by atoms with Gasteiger partial charge in [-0.25, -0.2) is 9.78 Å². The van der Waals surface area contributed by atoms with Crippen LogP contribution in [-0.4, -0.2) is 27.7 Å². The van der Waals surface area contributed by atoms with E-state index in [4.69, 9.17) is 4.74 Å². The van der Waals surface area contributed by atoms with Crippen LogP contribution in [0.15, 0.2) is 47.4 Å². The van der Waals surface area contributed by atoms with Gasteiger partial charge in [-0.3, -0.25) is 9.36 Å². The summed E-state index contributed by atoms with van der Waals surface area (Å²) in [6.07, 6.45) is 3.26. The highest BCUT2D eigenvalue weighted by Crippen LogP contribution is 2.35. The second-order valence-electron chi connectivity index (χ2n) is 5.94. The summed E-state index contributed by atoms with van der Waals surface area (Å²) >= 11 is 0. The third-order valence-electron chi connectivity index (χ3n) is 4.35. The lowest BCUT2D eigenvalue weighted by atomic mass is 9.96. The van der Waals surface area contributed by atoms with E-state index in [1.54, 1.807) is 42.6 Å². The Bertz CT molecular complexity index is 1020. The quantitative estimate of drug-likeness (QED) is 0.733. The third kappa shape index (κ3) is 2.94. The van der Waals surface area contributed by atoms with Gasteiger partial charge in [-0.1, -0.05) is 31.5 Å². The van der Waals surface area contributed by atoms with Crippen molar-refractivity contribution in [2.45, 2.75) is 26.3 Å². The van der Waals surface area contributed by atoms with Crippen LogP contribution in [0.2, 0.25) is 0 Å². The molecule has 6 heteroatoms. The van der Waals surface area contributed by atoms with E-state index in [2.05, 4.69) is 4.98 Å². The Morgan fingerprint density at radius 3 is 2.69 bits per heavy atom. The van der Waals surface area contributed by atoms with Crippen molar-refractivity contribution in [3.05, 3.63) is 58.5 Å². The lowest BCUT2D eigenvalue weighted by molar-refractivity contribution is 0.0695. The summed E-state index contributed by atoms with van der Waals surface area (Å²) in [5.41, 5.74) is 0.585. The van der Waals surface area contributed by atoms with Crippen LogP contribution in [0.5, 0.6) is 5.75 Å². The topological polar surface area (TPSA) is 81.4 Å². The number of ether oxygens (including phenoxy) is 1. The number of methoxy groups -OCH3 is 1. The van der Waals surface area contributed by atoms with Crippen molar-refractivity contribution < 1.29 is 14.6 Å². The van der Waals surface area contributed by atoms with Crippen LogP contribution in [0.1, 0.15) is 30.1 Å². The maximum absolute atomic E-state index is 13.0. The van der Waals surface area contributed by atoms with E-state index < -0.39 is 11.5 Å². The average molecular weight is 352 g/mol. The molecule has 0 radical (unpaired) electrons. The molecule has 26 heavy (non-hydrogen) atoms. The van der Waals surface area contributed by atoms with Crippen molar-refractivity contribution in [2.24, 2.45) is 0 Å². The zero-order valence-corrected chi connectivity index (χ0v) is 14.7. The Labute approximate surface area is 150 Å². The molecule has 0 unspecified atom stereocenters. The number of rotatable bonds is 6. The van der Waals surface area contributed by atoms with Gasteiger partial charge in [-0.05, 0) is 24.6 Å². The third-order valence-corrected chi connectivity index (χ3v) is 4.35. The molecule has 6 nitrogen and oxygen atoms in total.